The van der Waals surface area contributed by atoms with Crippen LogP contribution in [0, 0.1) is 5.92 Å². The average Bonchev–Trinajstić information content (AvgIpc) is 2.74. The van der Waals surface area contributed by atoms with E-state index in [1.165, 1.54) is 5.56 Å². The summed E-state index contributed by atoms with van der Waals surface area (Å²) in [5.74, 6) is 0.115. The van der Waals surface area contributed by atoms with Crippen molar-refractivity contribution in [3.8, 4) is 0 Å². The van der Waals surface area contributed by atoms with Crippen LogP contribution in [0.3, 0.4) is 0 Å². The maximum absolute atomic E-state index is 10.5. The Morgan fingerprint density at radius 1 is 1.35 bits per heavy atom. The summed E-state index contributed by atoms with van der Waals surface area (Å²) in [6, 6.07) is 2.15. The van der Waals surface area contributed by atoms with Gasteiger partial charge < -0.3 is 14.7 Å². The van der Waals surface area contributed by atoms with Crippen LogP contribution in [-0.2, 0) is 11.3 Å². The van der Waals surface area contributed by atoms with Crippen LogP contribution in [0.15, 0.2) is 15.2 Å². The van der Waals surface area contributed by atoms with Crippen molar-refractivity contribution < 1.29 is 9.84 Å². The highest BCUT2D eigenvalue weighted by molar-refractivity contribution is 9.11. The van der Waals surface area contributed by atoms with E-state index in [1.54, 1.807) is 11.3 Å². The highest BCUT2D eigenvalue weighted by Gasteiger charge is 2.53. The van der Waals surface area contributed by atoms with Gasteiger partial charge >= 0.3 is 0 Å². The van der Waals surface area contributed by atoms with E-state index in [4.69, 9.17) is 4.74 Å². The summed E-state index contributed by atoms with van der Waals surface area (Å²) in [5.41, 5.74) is 0.530. The Balaban J connectivity index is 2.01. The zero-order valence-electron chi connectivity index (χ0n) is 12.8. The molecule has 2 unspecified atom stereocenters. The van der Waals surface area contributed by atoms with E-state index >= 15 is 0 Å². The van der Waals surface area contributed by atoms with Gasteiger partial charge in [0.25, 0.3) is 0 Å². The molecule has 1 fully saturated rings. The molecule has 5 heteroatoms. The molecule has 1 aromatic heterocycles. The molecule has 0 saturated carbocycles. The minimum Gasteiger partial charge on any atom is -0.390 e. The number of thiophene rings is 1. The number of nitrogens with zero attached hydrogens (tertiary/aromatic N) is 1. The standard InChI is InChI=1S/C15H24BrNO2S/c1-14(2)11(13(18)15(3,4)19-14)8-17(5)7-10-6-12(16)20-9-10/h6,9,11,13,18H,7-8H2,1-5H3. The summed E-state index contributed by atoms with van der Waals surface area (Å²) in [5, 5.41) is 12.7. The fraction of sp³-hybridized carbons (Fsp3) is 0.733. The molecule has 2 rings (SSSR count). The summed E-state index contributed by atoms with van der Waals surface area (Å²) in [4.78, 5) is 2.26. The van der Waals surface area contributed by atoms with Gasteiger partial charge in [-0.25, -0.2) is 0 Å². The minimum absolute atomic E-state index is 0.115. The average molecular weight is 362 g/mol. The van der Waals surface area contributed by atoms with Crippen LogP contribution in [0.25, 0.3) is 0 Å². The quantitative estimate of drug-likeness (QED) is 0.890. The number of aliphatic hydroxyl groups is 1. The second kappa shape index (κ2) is 5.69. The molecule has 1 aliphatic rings. The Kier molecular flexibility index (Phi) is 4.67. The van der Waals surface area contributed by atoms with Gasteiger partial charge in [0.2, 0.25) is 0 Å². The topological polar surface area (TPSA) is 32.7 Å². The van der Waals surface area contributed by atoms with Gasteiger partial charge in [-0.3, -0.25) is 0 Å². The van der Waals surface area contributed by atoms with Crippen molar-refractivity contribution in [2.75, 3.05) is 13.6 Å². The molecule has 20 heavy (non-hydrogen) atoms. The first-order valence-corrected chi connectivity index (χ1v) is 8.59. The molecule has 1 saturated heterocycles. The molecule has 1 N–H and O–H groups in total. The van der Waals surface area contributed by atoms with Gasteiger partial charge in [-0.1, -0.05) is 0 Å². The molecule has 0 aliphatic carbocycles. The lowest BCUT2D eigenvalue weighted by Crippen LogP contribution is -2.42. The van der Waals surface area contributed by atoms with E-state index < -0.39 is 11.7 Å². The fourth-order valence-electron chi connectivity index (χ4n) is 3.14. The molecule has 0 aromatic carbocycles. The van der Waals surface area contributed by atoms with E-state index in [-0.39, 0.29) is 11.5 Å². The predicted molar refractivity (Wildman–Crippen MR) is 87.1 cm³/mol. The van der Waals surface area contributed by atoms with Crippen molar-refractivity contribution in [2.24, 2.45) is 5.92 Å². The lowest BCUT2D eigenvalue weighted by atomic mass is 9.84. The molecule has 0 radical (unpaired) electrons. The number of ether oxygens (including phenoxy) is 1. The Labute approximate surface area is 134 Å². The maximum Gasteiger partial charge on any atom is 0.0896 e. The van der Waals surface area contributed by atoms with Crippen LogP contribution in [-0.4, -0.2) is 40.9 Å². The van der Waals surface area contributed by atoms with E-state index in [0.717, 1.165) is 16.9 Å². The highest BCUT2D eigenvalue weighted by atomic mass is 79.9. The number of aliphatic hydroxyl groups excluding tert-OH is 1. The Morgan fingerprint density at radius 2 is 2.00 bits per heavy atom. The minimum atomic E-state index is -0.472. The number of halogens is 1. The van der Waals surface area contributed by atoms with Crippen molar-refractivity contribution in [3.63, 3.8) is 0 Å². The van der Waals surface area contributed by atoms with Crippen LogP contribution in [0.1, 0.15) is 33.3 Å². The molecule has 2 atom stereocenters. The molecule has 1 aliphatic heterocycles. The maximum atomic E-state index is 10.5. The number of hydrogen-bond donors (Lipinski definition) is 1. The Bertz CT molecular complexity index is 472. The van der Waals surface area contributed by atoms with Crippen LogP contribution in [0.5, 0.6) is 0 Å². The second-order valence-corrected chi connectivity index (χ2v) is 9.11. The lowest BCUT2D eigenvalue weighted by molar-refractivity contribution is -0.0912. The Morgan fingerprint density at radius 3 is 2.45 bits per heavy atom. The lowest BCUT2D eigenvalue weighted by Gasteiger charge is -2.30. The summed E-state index contributed by atoms with van der Waals surface area (Å²) < 4.78 is 7.19. The zero-order chi connectivity index (χ0) is 15.1. The summed E-state index contributed by atoms with van der Waals surface area (Å²) in [6.07, 6.45) is -0.436. The van der Waals surface area contributed by atoms with E-state index in [2.05, 4.69) is 53.2 Å². The first-order valence-electron chi connectivity index (χ1n) is 6.91. The molecule has 2 heterocycles. The Hall–Kier alpha value is 0.0600. The van der Waals surface area contributed by atoms with Gasteiger partial charge in [-0.05, 0) is 67.7 Å². The van der Waals surface area contributed by atoms with Gasteiger partial charge in [-0.2, -0.15) is 0 Å². The number of rotatable bonds is 4. The molecule has 0 spiro atoms. The molecular formula is C15H24BrNO2S. The summed E-state index contributed by atoms with van der Waals surface area (Å²) >= 11 is 5.20. The third-order valence-corrected chi connectivity index (χ3v) is 5.65. The first-order chi connectivity index (χ1) is 9.12. The van der Waals surface area contributed by atoms with Crippen molar-refractivity contribution in [3.05, 3.63) is 20.8 Å². The van der Waals surface area contributed by atoms with Crippen molar-refractivity contribution in [1.29, 1.82) is 0 Å². The van der Waals surface area contributed by atoms with E-state index in [9.17, 15) is 5.11 Å². The van der Waals surface area contributed by atoms with Crippen molar-refractivity contribution in [2.45, 2.75) is 51.5 Å². The van der Waals surface area contributed by atoms with Gasteiger partial charge in [-0.15, -0.1) is 11.3 Å². The smallest absolute Gasteiger partial charge is 0.0896 e. The van der Waals surface area contributed by atoms with Crippen LogP contribution >= 0.6 is 27.3 Å². The monoisotopic (exact) mass is 361 g/mol. The highest BCUT2D eigenvalue weighted by Crippen LogP contribution is 2.42. The normalized spacial score (nSPS) is 28.2. The molecule has 3 nitrogen and oxygen atoms in total. The molecular weight excluding hydrogens is 338 g/mol. The SMILES string of the molecule is CN(Cc1csc(Br)c1)CC1C(O)C(C)(C)OC1(C)C. The van der Waals surface area contributed by atoms with Crippen molar-refractivity contribution >= 4 is 27.3 Å². The van der Waals surface area contributed by atoms with Gasteiger partial charge in [0.05, 0.1) is 21.1 Å². The second-order valence-electron chi connectivity index (χ2n) is 6.82. The third kappa shape index (κ3) is 3.45. The zero-order valence-corrected chi connectivity index (χ0v) is 15.2. The summed E-state index contributed by atoms with van der Waals surface area (Å²) in [7, 11) is 2.10. The largest absolute Gasteiger partial charge is 0.390 e. The molecule has 114 valence electrons. The summed E-state index contributed by atoms with van der Waals surface area (Å²) in [6.45, 7) is 9.80. The molecule has 0 bridgehead atoms. The predicted octanol–water partition coefficient (Wildman–Crippen LogP) is 3.51. The third-order valence-electron chi connectivity index (χ3n) is 4.10. The fourth-order valence-corrected chi connectivity index (χ4v) is 4.34. The number of hydrogen-bond acceptors (Lipinski definition) is 4. The van der Waals surface area contributed by atoms with Crippen LogP contribution in [0.4, 0.5) is 0 Å². The molecule has 0 amide bonds. The van der Waals surface area contributed by atoms with Gasteiger partial charge in [0.1, 0.15) is 0 Å². The van der Waals surface area contributed by atoms with E-state index in [0.29, 0.717) is 0 Å². The van der Waals surface area contributed by atoms with Gasteiger partial charge in [0, 0.05) is 19.0 Å². The first kappa shape index (κ1) is 16.4. The van der Waals surface area contributed by atoms with E-state index in [1.807, 2.05) is 13.8 Å². The van der Waals surface area contributed by atoms with Crippen LogP contribution < -0.4 is 0 Å². The van der Waals surface area contributed by atoms with Gasteiger partial charge in [0.15, 0.2) is 0 Å². The van der Waals surface area contributed by atoms with Crippen LogP contribution in [0.2, 0.25) is 0 Å². The van der Waals surface area contributed by atoms with Crippen molar-refractivity contribution in [1.82, 2.24) is 4.90 Å². The molecule has 1 aromatic rings.